The van der Waals surface area contributed by atoms with Crippen molar-refractivity contribution in [2.24, 2.45) is 0 Å². The third-order valence-electron chi connectivity index (χ3n) is 2.65. The predicted molar refractivity (Wildman–Crippen MR) is 76.4 cm³/mol. The summed E-state index contributed by atoms with van der Waals surface area (Å²) >= 11 is 5.95. The summed E-state index contributed by atoms with van der Waals surface area (Å²) in [6.07, 6.45) is 3.30. The first-order chi connectivity index (χ1) is 9.54. The molecule has 0 fully saturated rings. The third kappa shape index (κ3) is 4.68. The van der Waals surface area contributed by atoms with Gasteiger partial charge in [0, 0.05) is 46.3 Å². The molecule has 0 saturated carbocycles. The predicted octanol–water partition coefficient (Wildman–Crippen LogP) is 1.41. The molecule has 8 heteroatoms. The minimum Gasteiger partial charge on any atom is -0.385 e. The van der Waals surface area contributed by atoms with Gasteiger partial charge in [0.05, 0.1) is 11.6 Å². The summed E-state index contributed by atoms with van der Waals surface area (Å²) in [6.45, 7) is 1.39. The molecule has 0 spiro atoms. The maximum Gasteiger partial charge on any atom is 0.246 e. The van der Waals surface area contributed by atoms with Crippen LogP contribution in [0.1, 0.15) is 6.42 Å². The lowest BCUT2D eigenvalue weighted by molar-refractivity contribution is 0.164. The average molecular weight is 323 g/mol. The van der Waals surface area contributed by atoms with E-state index in [9.17, 15) is 8.42 Å². The zero-order valence-electron chi connectivity index (χ0n) is 11.6. The molecule has 0 aliphatic heterocycles. The molecule has 1 rings (SSSR count). The van der Waals surface area contributed by atoms with Gasteiger partial charge in [-0.3, -0.25) is 4.98 Å². The highest BCUT2D eigenvalue weighted by Gasteiger charge is 2.26. The molecule has 0 unspecified atom stereocenters. The van der Waals surface area contributed by atoms with Crippen LogP contribution in [-0.4, -0.2) is 58.2 Å². The summed E-state index contributed by atoms with van der Waals surface area (Å²) in [4.78, 5) is 3.83. The second-order valence-electron chi connectivity index (χ2n) is 4.05. The second-order valence-corrected chi connectivity index (χ2v) is 6.36. The summed E-state index contributed by atoms with van der Waals surface area (Å²) in [6, 6.07) is 1.46. The van der Waals surface area contributed by atoms with Crippen molar-refractivity contribution in [3.8, 4) is 0 Å². The molecule has 0 bridgehead atoms. The van der Waals surface area contributed by atoms with Crippen LogP contribution in [0.2, 0.25) is 5.02 Å². The Morgan fingerprint density at radius 2 is 1.95 bits per heavy atom. The number of rotatable bonds is 9. The number of methoxy groups -OCH3 is 2. The summed E-state index contributed by atoms with van der Waals surface area (Å²) in [5.41, 5.74) is 0. The van der Waals surface area contributed by atoms with Crippen molar-refractivity contribution in [1.82, 2.24) is 9.29 Å². The standard InChI is InChI=1S/C12H19ClN2O4S/c1-18-8-3-6-15(7-9-19-2)20(16,17)12-10-14-5-4-11(12)13/h4-5,10H,3,6-9H2,1-2H3. The number of nitrogens with zero attached hydrogens (tertiary/aromatic N) is 2. The molecule has 1 aromatic rings. The van der Waals surface area contributed by atoms with Gasteiger partial charge >= 0.3 is 0 Å². The van der Waals surface area contributed by atoms with Crippen molar-refractivity contribution >= 4 is 21.6 Å². The normalized spacial score (nSPS) is 12.0. The van der Waals surface area contributed by atoms with Crippen molar-refractivity contribution < 1.29 is 17.9 Å². The van der Waals surface area contributed by atoms with Crippen LogP contribution in [0.3, 0.4) is 0 Å². The Morgan fingerprint density at radius 1 is 1.25 bits per heavy atom. The number of hydrogen-bond donors (Lipinski definition) is 0. The summed E-state index contributed by atoms with van der Waals surface area (Å²) < 4.78 is 36.4. The number of ether oxygens (including phenoxy) is 2. The van der Waals surface area contributed by atoms with Crippen molar-refractivity contribution in [3.63, 3.8) is 0 Å². The molecular formula is C12H19ClN2O4S. The van der Waals surface area contributed by atoms with Gasteiger partial charge in [0.2, 0.25) is 10.0 Å². The summed E-state index contributed by atoms with van der Waals surface area (Å²) in [7, 11) is -0.581. The van der Waals surface area contributed by atoms with Crippen molar-refractivity contribution in [3.05, 3.63) is 23.5 Å². The van der Waals surface area contributed by atoms with E-state index in [4.69, 9.17) is 21.1 Å². The average Bonchev–Trinajstić information content (AvgIpc) is 2.42. The maximum atomic E-state index is 12.6. The molecule has 114 valence electrons. The van der Waals surface area contributed by atoms with E-state index in [1.807, 2.05) is 0 Å². The molecule has 1 aromatic heterocycles. The molecule has 0 amide bonds. The number of hydrogen-bond acceptors (Lipinski definition) is 5. The third-order valence-corrected chi connectivity index (χ3v) is 5.02. The van der Waals surface area contributed by atoms with Crippen molar-refractivity contribution in [2.45, 2.75) is 11.3 Å². The Hall–Kier alpha value is -0.730. The van der Waals surface area contributed by atoms with Gasteiger partial charge in [0.15, 0.2) is 0 Å². The quantitative estimate of drug-likeness (QED) is 0.643. The number of sulfonamides is 1. The van der Waals surface area contributed by atoms with Gasteiger partial charge in [-0.05, 0) is 12.5 Å². The fourth-order valence-electron chi connectivity index (χ4n) is 1.62. The highest BCUT2D eigenvalue weighted by atomic mass is 35.5. The number of aromatic nitrogens is 1. The summed E-state index contributed by atoms with van der Waals surface area (Å²) in [5.74, 6) is 0. The molecule has 0 aliphatic rings. The largest absolute Gasteiger partial charge is 0.385 e. The van der Waals surface area contributed by atoms with E-state index >= 15 is 0 Å². The van der Waals surface area contributed by atoms with Crippen molar-refractivity contribution in [1.29, 1.82) is 0 Å². The number of halogens is 1. The highest BCUT2D eigenvalue weighted by Crippen LogP contribution is 2.23. The Kier molecular flexibility index (Phi) is 7.39. The lowest BCUT2D eigenvalue weighted by atomic mass is 10.4. The molecule has 0 aliphatic carbocycles. The number of pyridine rings is 1. The minimum atomic E-state index is -3.68. The van der Waals surface area contributed by atoms with Crippen LogP contribution in [-0.2, 0) is 19.5 Å². The van der Waals surface area contributed by atoms with E-state index in [-0.39, 0.29) is 16.5 Å². The van der Waals surface area contributed by atoms with E-state index in [1.165, 1.54) is 29.9 Å². The fourth-order valence-corrected chi connectivity index (χ4v) is 3.49. The Bertz CT molecular complexity index is 510. The van der Waals surface area contributed by atoms with Crippen molar-refractivity contribution in [2.75, 3.05) is 40.5 Å². The van der Waals surface area contributed by atoms with Crippen LogP contribution in [0.25, 0.3) is 0 Å². The molecule has 0 radical (unpaired) electrons. The Morgan fingerprint density at radius 3 is 2.55 bits per heavy atom. The lowest BCUT2D eigenvalue weighted by Crippen LogP contribution is -2.35. The Labute approximate surface area is 124 Å². The van der Waals surface area contributed by atoms with E-state index in [2.05, 4.69) is 4.98 Å². The van der Waals surface area contributed by atoms with Gasteiger partial charge in [-0.2, -0.15) is 4.31 Å². The van der Waals surface area contributed by atoms with Crippen LogP contribution in [0.5, 0.6) is 0 Å². The second kappa shape index (κ2) is 8.53. The van der Waals surface area contributed by atoms with Crippen LogP contribution in [0, 0.1) is 0 Å². The molecule has 0 aromatic carbocycles. The zero-order chi connectivity index (χ0) is 15.0. The lowest BCUT2D eigenvalue weighted by Gasteiger charge is -2.22. The fraction of sp³-hybridized carbons (Fsp3) is 0.583. The molecular weight excluding hydrogens is 304 g/mol. The van der Waals surface area contributed by atoms with Gasteiger partial charge < -0.3 is 9.47 Å². The molecule has 0 N–H and O–H groups in total. The first-order valence-corrected chi connectivity index (χ1v) is 7.93. The molecule has 6 nitrogen and oxygen atoms in total. The van der Waals surface area contributed by atoms with E-state index < -0.39 is 10.0 Å². The van der Waals surface area contributed by atoms with E-state index in [0.717, 1.165) is 0 Å². The Balaban J connectivity index is 2.95. The van der Waals surface area contributed by atoms with Gasteiger partial charge in [0.25, 0.3) is 0 Å². The van der Waals surface area contributed by atoms with E-state index in [0.29, 0.717) is 26.2 Å². The van der Waals surface area contributed by atoms with Crippen LogP contribution >= 0.6 is 11.6 Å². The summed E-state index contributed by atoms with van der Waals surface area (Å²) in [5, 5.41) is 0.161. The first-order valence-electron chi connectivity index (χ1n) is 6.11. The van der Waals surface area contributed by atoms with Gasteiger partial charge in [-0.15, -0.1) is 0 Å². The minimum absolute atomic E-state index is 0.00943. The molecule has 20 heavy (non-hydrogen) atoms. The van der Waals surface area contributed by atoms with Crippen LogP contribution in [0.4, 0.5) is 0 Å². The zero-order valence-corrected chi connectivity index (χ0v) is 13.2. The van der Waals surface area contributed by atoms with Crippen LogP contribution in [0.15, 0.2) is 23.4 Å². The van der Waals surface area contributed by atoms with E-state index in [1.54, 1.807) is 7.11 Å². The molecule has 1 heterocycles. The topological polar surface area (TPSA) is 68.7 Å². The monoisotopic (exact) mass is 322 g/mol. The van der Waals surface area contributed by atoms with Gasteiger partial charge in [0.1, 0.15) is 4.90 Å². The SMILES string of the molecule is COCCCN(CCOC)S(=O)(=O)c1cnccc1Cl. The van der Waals surface area contributed by atoms with Gasteiger partial charge in [-0.1, -0.05) is 11.6 Å². The van der Waals surface area contributed by atoms with Crippen LogP contribution < -0.4 is 0 Å². The molecule has 0 atom stereocenters. The molecule has 0 saturated heterocycles. The van der Waals surface area contributed by atoms with Gasteiger partial charge in [-0.25, -0.2) is 8.42 Å². The highest BCUT2D eigenvalue weighted by molar-refractivity contribution is 7.89. The smallest absolute Gasteiger partial charge is 0.246 e. The first kappa shape index (κ1) is 17.3. The maximum absolute atomic E-state index is 12.6.